The summed E-state index contributed by atoms with van der Waals surface area (Å²) in [6.07, 6.45) is 6.80. The summed E-state index contributed by atoms with van der Waals surface area (Å²) in [6, 6.07) is 15.9. The van der Waals surface area contributed by atoms with Gasteiger partial charge < -0.3 is 24.6 Å². The first-order chi connectivity index (χ1) is 27.1. The first-order valence-corrected chi connectivity index (χ1v) is 18.6. The van der Waals surface area contributed by atoms with Crippen LogP contribution in [0.5, 0.6) is 11.5 Å². The molecule has 1 saturated heterocycles. The van der Waals surface area contributed by atoms with Crippen LogP contribution in [-0.4, -0.2) is 77.0 Å². The van der Waals surface area contributed by atoms with Gasteiger partial charge in [0, 0.05) is 61.4 Å². The highest BCUT2D eigenvalue weighted by atomic mass is 16.5. The summed E-state index contributed by atoms with van der Waals surface area (Å²) in [5, 5.41) is 21.4. The van der Waals surface area contributed by atoms with E-state index in [9.17, 15) is 19.2 Å². The minimum absolute atomic E-state index is 0.00632. The number of ether oxygens (including phenoxy) is 2. The maximum atomic E-state index is 13.1. The van der Waals surface area contributed by atoms with Crippen molar-refractivity contribution in [2.45, 2.75) is 58.0 Å². The summed E-state index contributed by atoms with van der Waals surface area (Å²) in [4.78, 5) is 53.2. The molecule has 0 bridgehead atoms. The number of benzene rings is 3. The first kappa shape index (κ1) is 37.7. The largest absolute Gasteiger partial charge is 0.496 e. The number of imide groups is 1. The van der Waals surface area contributed by atoms with Crippen LogP contribution in [0.3, 0.4) is 0 Å². The van der Waals surface area contributed by atoms with Gasteiger partial charge in [-0.05, 0) is 91.8 Å². The topological polar surface area (TPSA) is 171 Å². The lowest BCUT2D eigenvalue weighted by atomic mass is 9.91. The third kappa shape index (κ3) is 7.95. The van der Waals surface area contributed by atoms with E-state index in [1.54, 1.807) is 49.6 Å². The summed E-state index contributed by atoms with van der Waals surface area (Å²) in [6.45, 7) is 7.37. The van der Waals surface area contributed by atoms with Gasteiger partial charge in [-0.1, -0.05) is 18.7 Å². The van der Waals surface area contributed by atoms with Crippen LogP contribution < -0.4 is 20.1 Å². The van der Waals surface area contributed by atoms with E-state index >= 15 is 0 Å². The molecule has 0 spiro atoms. The molecule has 14 heteroatoms. The number of carbonyl (C=O) groups excluding carboxylic acids is 4. The Bertz CT molecular complexity index is 2260. The number of hydrogen-bond acceptors (Lipinski definition) is 10. The molecule has 1 fully saturated rings. The van der Waals surface area contributed by atoms with Crippen molar-refractivity contribution in [2.24, 2.45) is 10.2 Å². The fraction of sp³-hybridized carbons (Fsp3) is 0.310. The molecule has 3 aliphatic heterocycles. The summed E-state index contributed by atoms with van der Waals surface area (Å²) in [7, 11) is 3.64. The highest BCUT2D eigenvalue weighted by molar-refractivity contribution is 6.06. The van der Waals surface area contributed by atoms with Crippen LogP contribution in [0.15, 0.2) is 83.8 Å². The molecule has 4 amide bonds. The van der Waals surface area contributed by atoms with E-state index in [4.69, 9.17) is 9.47 Å². The van der Waals surface area contributed by atoms with Crippen LogP contribution >= 0.6 is 0 Å². The third-order valence-electron chi connectivity index (χ3n) is 10.3. The molecule has 14 nitrogen and oxygen atoms in total. The van der Waals surface area contributed by atoms with Gasteiger partial charge in [-0.25, -0.2) is 0 Å². The number of nitrogens with zero attached hydrogens (tertiary/aromatic N) is 5. The lowest BCUT2D eigenvalue weighted by Gasteiger charge is -2.29. The Morgan fingerprint density at radius 1 is 1.07 bits per heavy atom. The molecule has 288 valence electrons. The van der Waals surface area contributed by atoms with E-state index in [-0.39, 0.29) is 30.7 Å². The first-order valence-electron chi connectivity index (χ1n) is 18.6. The highest BCUT2D eigenvalue weighted by Gasteiger charge is 2.40. The molecule has 3 aliphatic rings. The molecule has 3 aromatic carbocycles. The average molecular weight is 757 g/mol. The molecule has 56 heavy (non-hydrogen) atoms. The van der Waals surface area contributed by atoms with E-state index in [1.807, 2.05) is 24.2 Å². The average Bonchev–Trinajstić information content (AvgIpc) is 3.82. The van der Waals surface area contributed by atoms with Crippen LogP contribution in [0.4, 0.5) is 11.4 Å². The summed E-state index contributed by atoms with van der Waals surface area (Å²) < 4.78 is 11.7. The molecule has 0 aliphatic carbocycles. The van der Waals surface area contributed by atoms with Crippen molar-refractivity contribution in [3.63, 3.8) is 0 Å². The van der Waals surface area contributed by atoms with Crippen molar-refractivity contribution in [1.82, 2.24) is 30.6 Å². The fourth-order valence-electron chi connectivity index (χ4n) is 7.29. The number of aromatic amines is 1. The SMILES string of the molecule is C=C1c2[nH]ncc2C(c2cc(C)c(CCCC(=O)NCCCOc3ccc(N=Nc4cccc5c4CN(C4CCC(=O)NC4=O)C5=O)cc3)c(OC)c2)=CN1C. The predicted molar refractivity (Wildman–Crippen MR) is 209 cm³/mol. The Kier molecular flexibility index (Phi) is 11.1. The van der Waals surface area contributed by atoms with Gasteiger partial charge in [-0.15, -0.1) is 0 Å². The van der Waals surface area contributed by atoms with Gasteiger partial charge >= 0.3 is 0 Å². The summed E-state index contributed by atoms with van der Waals surface area (Å²) in [5.41, 5.74) is 9.33. The molecule has 1 atom stereocenters. The number of amides is 4. The van der Waals surface area contributed by atoms with Crippen molar-refractivity contribution >= 4 is 46.3 Å². The molecule has 4 heterocycles. The Hall–Kier alpha value is -6.57. The van der Waals surface area contributed by atoms with Crippen molar-refractivity contribution in [2.75, 3.05) is 27.3 Å². The van der Waals surface area contributed by atoms with Gasteiger partial charge in [0.2, 0.25) is 17.7 Å². The number of fused-ring (bicyclic) bond motifs is 2. The van der Waals surface area contributed by atoms with E-state index in [0.29, 0.717) is 73.5 Å². The van der Waals surface area contributed by atoms with Gasteiger partial charge in [-0.3, -0.25) is 29.6 Å². The van der Waals surface area contributed by atoms with Gasteiger partial charge in [0.05, 0.1) is 42.7 Å². The summed E-state index contributed by atoms with van der Waals surface area (Å²) >= 11 is 0. The number of aromatic nitrogens is 2. The van der Waals surface area contributed by atoms with Crippen LogP contribution in [0.1, 0.15) is 76.0 Å². The van der Waals surface area contributed by atoms with Crippen molar-refractivity contribution in [3.8, 4) is 11.5 Å². The van der Waals surface area contributed by atoms with Crippen molar-refractivity contribution in [1.29, 1.82) is 0 Å². The lowest BCUT2D eigenvalue weighted by molar-refractivity contribution is -0.137. The Morgan fingerprint density at radius 3 is 2.68 bits per heavy atom. The molecule has 3 N–H and O–H groups in total. The Balaban J connectivity index is 0.838. The number of carbonyl (C=O) groups is 4. The second-order valence-corrected chi connectivity index (χ2v) is 14.0. The molecular weight excluding hydrogens is 713 g/mol. The maximum absolute atomic E-state index is 13.1. The minimum atomic E-state index is -0.695. The molecule has 0 saturated carbocycles. The summed E-state index contributed by atoms with van der Waals surface area (Å²) in [5.74, 6) is 0.414. The third-order valence-corrected chi connectivity index (χ3v) is 10.3. The van der Waals surface area contributed by atoms with Crippen LogP contribution in [0, 0.1) is 6.92 Å². The number of rotatable bonds is 14. The smallest absolute Gasteiger partial charge is 0.255 e. The number of aryl methyl sites for hydroxylation is 1. The number of piperidine rings is 1. The standard InChI is InChI=1S/C42H44N8O6/c1-25-20-27(33-23-49(3)26(2)40-32(33)22-44-48-40)21-37(55-4)30(25)8-6-11-38(51)43-18-7-19-56-29-14-12-28(13-15-29)46-47-35-10-5-9-31-34(35)24-50(42(31)54)36-16-17-39(52)45-41(36)53/h5,9-10,12-15,20-23,36H,2,6-8,11,16-19,24H2,1,3-4H3,(H,43,51)(H,44,48)(H,45,52,53). The number of azo groups is 1. The van der Waals surface area contributed by atoms with Gasteiger partial charge in [-0.2, -0.15) is 15.3 Å². The molecular formula is C42H44N8O6. The van der Waals surface area contributed by atoms with E-state index in [0.717, 1.165) is 45.0 Å². The van der Waals surface area contributed by atoms with Crippen LogP contribution in [0.2, 0.25) is 0 Å². The zero-order valence-electron chi connectivity index (χ0n) is 31.7. The lowest BCUT2D eigenvalue weighted by Crippen LogP contribution is -2.52. The number of H-pyrrole nitrogens is 1. The predicted octanol–water partition coefficient (Wildman–Crippen LogP) is 6.12. The zero-order valence-corrected chi connectivity index (χ0v) is 31.7. The molecule has 4 aromatic rings. The van der Waals surface area contributed by atoms with Crippen molar-refractivity contribution < 1.29 is 28.7 Å². The Morgan fingerprint density at radius 2 is 1.89 bits per heavy atom. The quantitative estimate of drug-likeness (QED) is 0.0786. The van der Waals surface area contributed by atoms with Crippen LogP contribution in [-0.2, 0) is 27.3 Å². The van der Waals surface area contributed by atoms with E-state index < -0.39 is 11.9 Å². The van der Waals surface area contributed by atoms with Gasteiger partial charge in [0.15, 0.2) is 0 Å². The molecule has 0 radical (unpaired) electrons. The van der Waals surface area contributed by atoms with Gasteiger partial charge in [0.25, 0.3) is 5.91 Å². The molecule has 7 rings (SSSR count). The second-order valence-electron chi connectivity index (χ2n) is 14.0. The van der Waals surface area contributed by atoms with Crippen molar-refractivity contribution in [3.05, 3.63) is 113 Å². The highest BCUT2D eigenvalue weighted by Crippen LogP contribution is 2.38. The molecule has 1 unspecified atom stereocenters. The van der Waals surface area contributed by atoms with E-state index in [2.05, 4.69) is 56.8 Å². The number of nitrogens with one attached hydrogen (secondary N) is 3. The van der Waals surface area contributed by atoms with Gasteiger partial charge in [0.1, 0.15) is 17.5 Å². The Labute approximate surface area is 324 Å². The molecule has 1 aromatic heterocycles. The number of hydrogen-bond donors (Lipinski definition) is 3. The monoisotopic (exact) mass is 756 g/mol. The normalized spacial score (nSPS) is 16.5. The zero-order chi connectivity index (χ0) is 39.3. The maximum Gasteiger partial charge on any atom is 0.255 e. The fourth-order valence-corrected chi connectivity index (χ4v) is 7.29. The second kappa shape index (κ2) is 16.4. The van der Waals surface area contributed by atoms with Crippen LogP contribution in [0.25, 0.3) is 11.3 Å². The number of methoxy groups -OCH3 is 1. The minimum Gasteiger partial charge on any atom is -0.496 e. The van der Waals surface area contributed by atoms with E-state index in [1.165, 1.54) is 4.90 Å².